The van der Waals surface area contributed by atoms with Gasteiger partial charge in [-0.05, 0) is 40.6 Å². The Morgan fingerprint density at radius 3 is 2.00 bits per heavy atom. The molecule has 0 unspecified atom stereocenters. The van der Waals surface area contributed by atoms with E-state index < -0.39 is 0 Å². The van der Waals surface area contributed by atoms with Crippen LogP contribution in [0.25, 0.3) is 16.8 Å². The highest BCUT2D eigenvalue weighted by Gasteiger charge is 2.08. The van der Waals surface area contributed by atoms with Crippen molar-refractivity contribution in [2.24, 2.45) is 0 Å². The molecule has 0 saturated carbocycles. The smallest absolute Gasteiger partial charge is 0.0420 e. The number of fused-ring (bicyclic) bond motifs is 1. The van der Waals surface area contributed by atoms with Gasteiger partial charge in [0, 0.05) is 17.9 Å². The van der Waals surface area contributed by atoms with Crippen LogP contribution in [0.1, 0.15) is 5.56 Å². The second-order valence-electron chi connectivity index (χ2n) is 6.29. The molecule has 0 aromatic heterocycles. The second-order valence-corrected chi connectivity index (χ2v) is 6.29. The van der Waals surface area contributed by atoms with Crippen LogP contribution in [0.4, 0.5) is 11.4 Å². The Hall–Kier alpha value is -3.32. The Kier molecular flexibility index (Phi) is 4.79. The number of hydrogen-bond donors (Lipinski definition) is 0. The first kappa shape index (κ1) is 16.2. The molecule has 126 valence electrons. The first-order valence-corrected chi connectivity index (χ1v) is 8.93. The van der Waals surface area contributed by atoms with E-state index in [9.17, 15) is 0 Å². The Balaban J connectivity index is 1.67. The molecule has 0 aliphatic rings. The van der Waals surface area contributed by atoms with Crippen LogP contribution in [-0.2, 0) is 0 Å². The Morgan fingerprint density at radius 1 is 0.577 bits per heavy atom. The van der Waals surface area contributed by atoms with Gasteiger partial charge in [0.15, 0.2) is 0 Å². The van der Waals surface area contributed by atoms with Crippen molar-refractivity contribution in [1.82, 2.24) is 0 Å². The van der Waals surface area contributed by atoms with Crippen molar-refractivity contribution in [2.75, 3.05) is 11.4 Å². The molecule has 26 heavy (non-hydrogen) atoms. The highest BCUT2D eigenvalue weighted by Crippen LogP contribution is 2.28. The summed E-state index contributed by atoms with van der Waals surface area (Å²) in [5.74, 6) is 0. The lowest BCUT2D eigenvalue weighted by molar-refractivity contribution is 1.10. The van der Waals surface area contributed by atoms with Gasteiger partial charge in [0.1, 0.15) is 0 Å². The first-order valence-electron chi connectivity index (χ1n) is 8.93. The molecule has 0 atom stereocenters. The van der Waals surface area contributed by atoms with Crippen LogP contribution in [0, 0.1) is 0 Å². The summed E-state index contributed by atoms with van der Waals surface area (Å²) in [7, 11) is 0. The van der Waals surface area contributed by atoms with Gasteiger partial charge in [-0.2, -0.15) is 0 Å². The topological polar surface area (TPSA) is 3.24 Å². The summed E-state index contributed by atoms with van der Waals surface area (Å²) >= 11 is 0. The Labute approximate surface area is 154 Å². The van der Waals surface area contributed by atoms with Gasteiger partial charge in [0.05, 0.1) is 0 Å². The van der Waals surface area contributed by atoms with Gasteiger partial charge in [-0.15, -0.1) is 0 Å². The maximum atomic E-state index is 2.34. The van der Waals surface area contributed by atoms with E-state index in [0.717, 1.165) is 6.54 Å². The fraction of sp³-hybridized carbons (Fsp3) is 0.0400. The van der Waals surface area contributed by atoms with Crippen molar-refractivity contribution >= 4 is 28.2 Å². The molecule has 1 heteroatoms. The quantitative estimate of drug-likeness (QED) is 0.392. The number of hydrogen-bond acceptors (Lipinski definition) is 1. The van der Waals surface area contributed by atoms with Crippen LogP contribution in [0.2, 0.25) is 0 Å². The summed E-state index contributed by atoms with van der Waals surface area (Å²) in [4.78, 5) is 2.34. The molecule has 0 aliphatic heterocycles. The third kappa shape index (κ3) is 3.68. The minimum atomic E-state index is 0.817. The molecular weight excluding hydrogens is 314 g/mol. The lowest BCUT2D eigenvalue weighted by Gasteiger charge is -2.24. The lowest BCUT2D eigenvalue weighted by atomic mass is 10.1. The van der Waals surface area contributed by atoms with Crippen molar-refractivity contribution in [2.45, 2.75) is 0 Å². The number of para-hydroxylation sites is 1. The molecule has 1 nitrogen and oxygen atoms in total. The van der Waals surface area contributed by atoms with Gasteiger partial charge in [-0.3, -0.25) is 0 Å². The van der Waals surface area contributed by atoms with Gasteiger partial charge in [-0.25, -0.2) is 0 Å². The highest BCUT2D eigenvalue weighted by molar-refractivity contribution is 5.87. The van der Waals surface area contributed by atoms with Crippen molar-refractivity contribution in [3.05, 3.63) is 115 Å². The summed E-state index contributed by atoms with van der Waals surface area (Å²) < 4.78 is 0. The van der Waals surface area contributed by atoms with Gasteiger partial charge in [0.2, 0.25) is 0 Å². The van der Waals surface area contributed by atoms with Gasteiger partial charge >= 0.3 is 0 Å². The molecule has 0 amide bonds. The summed E-state index contributed by atoms with van der Waals surface area (Å²) in [6, 6.07) is 36.1. The van der Waals surface area contributed by atoms with E-state index >= 15 is 0 Å². The van der Waals surface area contributed by atoms with Crippen molar-refractivity contribution < 1.29 is 0 Å². The fourth-order valence-corrected chi connectivity index (χ4v) is 3.17. The summed E-state index contributed by atoms with van der Waals surface area (Å²) in [6.07, 6.45) is 4.40. The molecule has 0 N–H and O–H groups in total. The van der Waals surface area contributed by atoms with E-state index in [1.165, 1.54) is 27.7 Å². The number of benzene rings is 4. The van der Waals surface area contributed by atoms with E-state index in [1.54, 1.807) is 0 Å². The van der Waals surface area contributed by atoms with Crippen molar-refractivity contribution in [3.8, 4) is 0 Å². The van der Waals surface area contributed by atoms with Crippen LogP contribution in [0.3, 0.4) is 0 Å². The van der Waals surface area contributed by atoms with Crippen LogP contribution in [-0.4, -0.2) is 6.54 Å². The molecule has 4 aromatic carbocycles. The largest absolute Gasteiger partial charge is 0.338 e. The Morgan fingerprint density at radius 2 is 1.23 bits per heavy atom. The van der Waals surface area contributed by atoms with Crippen LogP contribution in [0.5, 0.6) is 0 Å². The van der Waals surface area contributed by atoms with Gasteiger partial charge < -0.3 is 4.90 Å². The zero-order valence-corrected chi connectivity index (χ0v) is 14.6. The molecule has 4 aromatic rings. The minimum absolute atomic E-state index is 0.817. The summed E-state index contributed by atoms with van der Waals surface area (Å²) in [5, 5.41) is 2.53. The molecule has 0 fully saturated rings. The molecule has 0 bridgehead atoms. The molecule has 0 aliphatic carbocycles. The van der Waals surface area contributed by atoms with Crippen molar-refractivity contribution in [3.63, 3.8) is 0 Å². The minimum Gasteiger partial charge on any atom is -0.338 e. The Bertz CT molecular complexity index is 1000. The molecule has 0 saturated heterocycles. The summed E-state index contributed by atoms with van der Waals surface area (Å²) in [5.41, 5.74) is 3.62. The number of anilines is 2. The lowest BCUT2D eigenvalue weighted by Crippen LogP contribution is -2.16. The highest BCUT2D eigenvalue weighted by atomic mass is 15.1. The van der Waals surface area contributed by atoms with Crippen LogP contribution >= 0.6 is 0 Å². The van der Waals surface area contributed by atoms with Gasteiger partial charge in [0.25, 0.3) is 0 Å². The fourth-order valence-electron chi connectivity index (χ4n) is 3.17. The first-order chi connectivity index (χ1) is 12.9. The van der Waals surface area contributed by atoms with E-state index in [4.69, 9.17) is 0 Å². The maximum Gasteiger partial charge on any atom is 0.0420 e. The van der Waals surface area contributed by atoms with Crippen molar-refractivity contribution in [1.29, 1.82) is 0 Å². The predicted octanol–water partition coefficient (Wildman–Crippen LogP) is 6.69. The van der Waals surface area contributed by atoms with Gasteiger partial charge in [-0.1, -0.05) is 91.0 Å². The zero-order valence-electron chi connectivity index (χ0n) is 14.6. The molecule has 0 spiro atoms. The number of nitrogens with zero attached hydrogens (tertiary/aromatic N) is 1. The average Bonchev–Trinajstić information content (AvgIpc) is 2.72. The monoisotopic (exact) mass is 335 g/mol. The molecule has 4 rings (SSSR count). The second kappa shape index (κ2) is 7.71. The third-order valence-electron chi connectivity index (χ3n) is 4.51. The molecular formula is C25H21N. The SMILES string of the molecule is C(=Cc1ccccc1)CN(c1ccccc1)c1ccc2ccccc2c1. The summed E-state index contributed by atoms with van der Waals surface area (Å²) in [6.45, 7) is 0.817. The standard InChI is InChI=1S/C25H21N/c1-3-10-21(11-4-1)12-9-19-26(24-15-5-2-6-16-24)25-18-17-22-13-7-8-14-23(22)20-25/h1-18,20H,19H2. The predicted molar refractivity (Wildman–Crippen MR) is 113 cm³/mol. The van der Waals surface area contributed by atoms with Crippen LogP contribution in [0.15, 0.2) is 109 Å². The maximum absolute atomic E-state index is 2.34. The van der Waals surface area contributed by atoms with E-state index in [2.05, 4.69) is 114 Å². The molecule has 0 radical (unpaired) electrons. The average molecular weight is 335 g/mol. The number of rotatable bonds is 5. The van der Waals surface area contributed by atoms with E-state index in [-0.39, 0.29) is 0 Å². The van der Waals surface area contributed by atoms with E-state index in [1.807, 2.05) is 6.07 Å². The van der Waals surface area contributed by atoms with E-state index in [0.29, 0.717) is 0 Å². The normalized spacial score (nSPS) is 11.1. The molecule has 0 heterocycles. The third-order valence-corrected chi connectivity index (χ3v) is 4.51. The zero-order chi connectivity index (χ0) is 17.6. The van der Waals surface area contributed by atoms with Crippen LogP contribution < -0.4 is 4.90 Å².